The van der Waals surface area contributed by atoms with Gasteiger partial charge < -0.3 is 9.57 Å². The van der Waals surface area contributed by atoms with Crippen LogP contribution in [0.5, 0.6) is 0 Å². The zero-order valence-corrected chi connectivity index (χ0v) is 16.7. The van der Waals surface area contributed by atoms with Gasteiger partial charge in [-0.25, -0.2) is 9.69 Å². The van der Waals surface area contributed by atoms with Crippen molar-refractivity contribution in [3.05, 3.63) is 71.8 Å². The van der Waals surface area contributed by atoms with E-state index in [0.717, 1.165) is 11.1 Å². The summed E-state index contributed by atoms with van der Waals surface area (Å²) in [6.45, 7) is 5.47. The van der Waals surface area contributed by atoms with Gasteiger partial charge in [-0.05, 0) is 32.8 Å². The maximum absolute atomic E-state index is 13.6. The van der Waals surface area contributed by atoms with Crippen LogP contribution in [0.15, 0.2) is 65.8 Å². The van der Waals surface area contributed by atoms with E-state index >= 15 is 0 Å². The Balaban J connectivity index is 1.66. The van der Waals surface area contributed by atoms with Gasteiger partial charge >= 0.3 is 6.09 Å². The lowest BCUT2D eigenvalue weighted by Crippen LogP contribution is -2.50. The lowest BCUT2D eigenvalue weighted by Gasteiger charge is -2.29. The Kier molecular flexibility index (Phi) is 4.86. The van der Waals surface area contributed by atoms with Crippen molar-refractivity contribution >= 4 is 17.7 Å². The van der Waals surface area contributed by atoms with Crippen molar-refractivity contribution in [1.29, 1.82) is 0 Å². The molecule has 4 rings (SSSR count). The number of benzene rings is 2. The van der Waals surface area contributed by atoms with E-state index in [4.69, 9.17) is 9.57 Å². The molecule has 2 amide bonds. The maximum atomic E-state index is 13.6. The van der Waals surface area contributed by atoms with Crippen molar-refractivity contribution in [3.63, 3.8) is 0 Å². The summed E-state index contributed by atoms with van der Waals surface area (Å²) in [5, 5.41) is 4.15. The summed E-state index contributed by atoms with van der Waals surface area (Å²) in [5.41, 5.74) is 1.59. The van der Waals surface area contributed by atoms with E-state index < -0.39 is 29.8 Å². The lowest BCUT2D eigenvalue weighted by atomic mass is 9.88. The minimum atomic E-state index is -0.796. The fourth-order valence-electron chi connectivity index (χ4n) is 3.99. The van der Waals surface area contributed by atoms with Gasteiger partial charge in [-0.3, -0.25) is 4.79 Å². The molecule has 2 heterocycles. The van der Waals surface area contributed by atoms with Gasteiger partial charge in [-0.2, -0.15) is 0 Å². The van der Waals surface area contributed by atoms with Crippen molar-refractivity contribution in [2.75, 3.05) is 0 Å². The number of carbonyl (C=O) groups is 2. The average Bonchev–Trinajstić information content (AvgIpc) is 3.19. The summed E-state index contributed by atoms with van der Waals surface area (Å²) < 4.78 is 5.59. The predicted molar refractivity (Wildman–Crippen MR) is 108 cm³/mol. The molecule has 0 N–H and O–H groups in total. The third-order valence-electron chi connectivity index (χ3n) is 5.59. The SMILES string of the molecule is C[C@H]1ON=C(c2ccccc2)[C@H]1C(=O)N1C(=O)OC(C)(C)[C@@H]1Cc1ccccc1. The monoisotopic (exact) mass is 392 g/mol. The number of cyclic esters (lactones) is 1. The first-order valence-electron chi connectivity index (χ1n) is 9.77. The Labute approximate surface area is 170 Å². The van der Waals surface area contributed by atoms with Gasteiger partial charge in [0.05, 0.1) is 6.04 Å². The smallest absolute Gasteiger partial charge is 0.417 e. The summed E-state index contributed by atoms with van der Waals surface area (Å²) in [6.07, 6.45) is -0.565. The van der Waals surface area contributed by atoms with Crippen LogP contribution in [0.25, 0.3) is 0 Å². The third-order valence-corrected chi connectivity index (χ3v) is 5.59. The third kappa shape index (κ3) is 3.50. The number of amides is 2. The molecule has 1 saturated heterocycles. The number of carbonyl (C=O) groups excluding carboxylic acids is 2. The number of oxime groups is 1. The molecule has 0 unspecified atom stereocenters. The highest BCUT2D eigenvalue weighted by atomic mass is 16.6. The summed E-state index contributed by atoms with van der Waals surface area (Å²) >= 11 is 0. The minimum Gasteiger partial charge on any atom is -0.441 e. The molecular formula is C23H24N2O4. The fraction of sp³-hybridized carbons (Fsp3) is 0.348. The Bertz CT molecular complexity index is 940. The topological polar surface area (TPSA) is 68.2 Å². The van der Waals surface area contributed by atoms with Crippen molar-refractivity contribution in [2.45, 2.75) is 44.9 Å². The second-order valence-electron chi connectivity index (χ2n) is 8.02. The van der Waals surface area contributed by atoms with Crippen LogP contribution in [0.4, 0.5) is 4.79 Å². The van der Waals surface area contributed by atoms with Gasteiger partial charge in [0, 0.05) is 5.56 Å². The second kappa shape index (κ2) is 7.35. The molecule has 2 aliphatic rings. The molecule has 0 saturated carbocycles. The number of hydrogen-bond acceptors (Lipinski definition) is 5. The number of imide groups is 1. The lowest BCUT2D eigenvalue weighted by molar-refractivity contribution is -0.134. The first kappa shape index (κ1) is 19.2. The van der Waals surface area contributed by atoms with Crippen LogP contribution >= 0.6 is 0 Å². The van der Waals surface area contributed by atoms with Gasteiger partial charge in [0.1, 0.15) is 23.3 Å². The van der Waals surface area contributed by atoms with E-state index in [-0.39, 0.29) is 5.91 Å². The largest absolute Gasteiger partial charge is 0.441 e. The molecule has 2 aliphatic heterocycles. The molecule has 6 nitrogen and oxygen atoms in total. The molecule has 150 valence electrons. The van der Waals surface area contributed by atoms with Crippen LogP contribution in [-0.2, 0) is 20.8 Å². The first-order valence-corrected chi connectivity index (χ1v) is 9.77. The van der Waals surface area contributed by atoms with Gasteiger partial charge in [-0.1, -0.05) is 65.8 Å². The van der Waals surface area contributed by atoms with Gasteiger partial charge in [0.25, 0.3) is 0 Å². The molecule has 0 aromatic heterocycles. The highest BCUT2D eigenvalue weighted by Crippen LogP contribution is 2.35. The molecule has 0 bridgehead atoms. The van der Waals surface area contributed by atoms with Crippen LogP contribution in [0, 0.1) is 5.92 Å². The summed E-state index contributed by atoms with van der Waals surface area (Å²) in [7, 11) is 0. The minimum absolute atomic E-state index is 0.339. The Morgan fingerprint density at radius 1 is 1.07 bits per heavy atom. The van der Waals surface area contributed by atoms with Crippen LogP contribution in [-0.4, -0.2) is 40.4 Å². The van der Waals surface area contributed by atoms with E-state index in [1.165, 1.54) is 4.90 Å². The predicted octanol–water partition coefficient (Wildman–Crippen LogP) is 3.79. The first-order chi connectivity index (χ1) is 13.9. The van der Waals surface area contributed by atoms with Crippen LogP contribution in [0.2, 0.25) is 0 Å². The van der Waals surface area contributed by atoms with E-state index in [1.807, 2.05) is 74.5 Å². The van der Waals surface area contributed by atoms with Gasteiger partial charge in [0.15, 0.2) is 0 Å². The fourth-order valence-corrected chi connectivity index (χ4v) is 3.99. The van der Waals surface area contributed by atoms with Crippen LogP contribution in [0.1, 0.15) is 31.9 Å². The van der Waals surface area contributed by atoms with Gasteiger partial charge in [0.2, 0.25) is 5.91 Å². The Morgan fingerprint density at radius 3 is 2.34 bits per heavy atom. The molecule has 29 heavy (non-hydrogen) atoms. The van der Waals surface area contributed by atoms with E-state index in [0.29, 0.717) is 12.1 Å². The van der Waals surface area contributed by atoms with E-state index in [9.17, 15) is 9.59 Å². The highest BCUT2D eigenvalue weighted by molar-refractivity contribution is 6.16. The van der Waals surface area contributed by atoms with Crippen molar-refractivity contribution in [3.8, 4) is 0 Å². The van der Waals surface area contributed by atoms with Crippen molar-refractivity contribution in [1.82, 2.24) is 4.90 Å². The molecule has 6 heteroatoms. The maximum Gasteiger partial charge on any atom is 0.417 e. The van der Waals surface area contributed by atoms with E-state index in [1.54, 1.807) is 6.92 Å². The summed E-state index contributed by atoms with van der Waals surface area (Å²) in [6, 6.07) is 18.8. The molecule has 2 aromatic carbocycles. The molecule has 0 spiro atoms. The normalized spacial score (nSPS) is 25.3. The zero-order chi connectivity index (χ0) is 20.6. The summed E-state index contributed by atoms with van der Waals surface area (Å²) in [5.74, 6) is -1.01. The van der Waals surface area contributed by atoms with Crippen LogP contribution < -0.4 is 0 Å². The van der Waals surface area contributed by atoms with E-state index in [2.05, 4.69) is 5.16 Å². The van der Waals surface area contributed by atoms with Crippen molar-refractivity contribution < 1.29 is 19.2 Å². The highest BCUT2D eigenvalue weighted by Gasteiger charge is 2.54. The van der Waals surface area contributed by atoms with Crippen LogP contribution in [0.3, 0.4) is 0 Å². The molecule has 1 fully saturated rings. The number of ether oxygens (including phenoxy) is 1. The number of nitrogens with zero attached hydrogens (tertiary/aromatic N) is 2. The molecular weight excluding hydrogens is 368 g/mol. The quantitative estimate of drug-likeness (QED) is 0.794. The van der Waals surface area contributed by atoms with Crippen molar-refractivity contribution in [2.24, 2.45) is 11.1 Å². The molecule has 0 radical (unpaired) electrons. The second-order valence-corrected chi connectivity index (χ2v) is 8.02. The molecule has 2 aromatic rings. The average molecular weight is 392 g/mol. The summed E-state index contributed by atoms with van der Waals surface area (Å²) in [4.78, 5) is 33.1. The number of hydrogen-bond donors (Lipinski definition) is 0. The Hall–Kier alpha value is -3.15. The van der Waals surface area contributed by atoms with Gasteiger partial charge in [-0.15, -0.1) is 0 Å². The molecule has 0 aliphatic carbocycles. The Morgan fingerprint density at radius 2 is 1.69 bits per heavy atom. The zero-order valence-electron chi connectivity index (χ0n) is 16.7. The standard InChI is InChI=1S/C23H24N2O4/c1-15-19(20(24-29-15)17-12-8-5-9-13-17)21(26)25-18(23(2,3)28-22(25)27)14-16-10-6-4-7-11-16/h4-13,15,18-19H,14H2,1-3H3/t15-,18+,19+/m1/s1. The number of rotatable bonds is 4. The molecule has 3 atom stereocenters.